The van der Waals surface area contributed by atoms with E-state index in [4.69, 9.17) is 9.47 Å². The number of nitrogens with one attached hydrogen (secondary N) is 1. The van der Waals surface area contributed by atoms with Gasteiger partial charge in [0.25, 0.3) is 0 Å². The Morgan fingerprint density at radius 3 is 2.78 bits per heavy atom. The molecule has 0 spiro atoms. The van der Waals surface area contributed by atoms with Crippen LogP contribution in [0.1, 0.15) is 57.1 Å². The molecule has 1 aromatic carbocycles. The second-order valence-corrected chi connectivity index (χ2v) is 9.10. The van der Waals surface area contributed by atoms with E-state index in [1.54, 1.807) is 11.9 Å². The van der Waals surface area contributed by atoms with Crippen LogP contribution in [0.3, 0.4) is 0 Å². The van der Waals surface area contributed by atoms with Crippen molar-refractivity contribution in [3.63, 3.8) is 0 Å². The Morgan fingerprint density at radius 1 is 1.34 bits per heavy atom. The Balaban J connectivity index is 1.98. The van der Waals surface area contributed by atoms with Gasteiger partial charge < -0.3 is 19.7 Å². The van der Waals surface area contributed by atoms with Gasteiger partial charge in [-0.2, -0.15) is 0 Å². The fourth-order valence-corrected chi connectivity index (χ4v) is 5.18. The Labute approximate surface area is 192 Å². The van der Waals surface area contributed by atoms with Crippen LogP contribution in [-0.2, 0) is 14.3 Å². The minimum absolute atomic E-state index is 0.0348. The standard InChI is InChI=1S/C26H36N2O4/c1-6-19(3)23(27-4)24(29)32-26(15-12-20-10-7-9-18(2)17-20)14-8-11-22-21(26)13-16-28(22)25(30)31-5/h7,9-10,17,19,21-23,27H,6,8,11,13-14,16H2,1-5H3/t19-,21+,22+,23-,26+/m0/s1. The molecule has 2 fully saturated rings. The van der Waals surface area contributed by atoms with Gasteiger partial charge in [0.2, 0.25) is 0 Å². The summed E-state index contributed by atoms with van der Waals surface area (Å²) < 4.78 is 11.3. The molecule has 6 nitrogen and oxygen atoms in total. The summed E-state index contributed by atoms with van der Waals surface area (Å²) in [6.45, 7) is 6.74. The number of hydrogen-bond acceptors (Lipinski definition) is 5. The molecule has 1 aliphatic carbocycles. The van der Waals surface area contributed by atoms with E-state index < -0.39 is 11.6 Å². The third-order valence-electron chi connectivity index (χ3n) is 7.10. The topological polar surface area (TPSA) is 67.9 Å². The quantitative estimate of drug-likeness (QED) is 0.556. The fourth-order valence-electron chi connectivity index (χ4n) is 5.18. The molecular formula is C26H36N2O4. The van der Waals surface area contributed by atoms with Gasteiger partial charge in [-0.05, 0) is 69.2 Å². The number of likely N-dealkylation sites (tertiary alicyclic amines) is 1. The molecule has 1 heterocycles. The van der Waals surface area contributed by atoms with Gasteiger partial charge in [-0.1, -0.05) is 38.3 Å². The number of carbonyl (C=O) groups is 2. The van der Waals surface area contributed by atoms with Crippen molar-refractivity contribution in [2.24, 2.45) is 11.8 Å². The van der Waals surface area contributed by atoms with Crippen LogP contribution in [0, 0.1) is 30.6 Å². The summed E-state index contributed by atoms with van der Waals surface area (Å²) in [7, 11) is 3.20. The normalized spacial score (nSPS) is 26.3. The van der Waals surface area contributed by atoms with Crippen molar-refractivity contribution in [1.82, 2.24) is 10.2 Å². The van der Waals surface area contributed by atoms with Crippen molar-refractivity contribution >= 4 is 12.1 Å². The molecule has 1 aliphatic heterocycles. The number of aryl methyl sites for hydroxylation is 1. The maximum atomic E-state index is 13.3. The summed E-state index contributed by atoms with van der Waals surface area (Å²) in [5.74, 6) is 6.52. The highest BCUT2D eigenvalue weighted by Crippen LogP contribution is 2.45. The molecule has 3 rings (SSSR count). The first-order valence-electron chi connectivity index (χ1n) is 11.7. The molecule has 1 amide bonds. The van der Waals surface area contributed by atoms with Crippen molar-refractivity contribution in [1.29, 1.82) is 0 Å². The molecule has 174 valence electrons. The van der Waals surface area contributed by atoms with Crippen LogP contribution in [0.15, 0.2) is 24.3 Å². The zero-order valence-electron chi connectivity index (χ0n) is 19.9. The Bertz CT molecular complexity index is 889. The maximum absolute atomic E-state index is 13.3. The highest BCUT2D eigenvalue weighted by Gasteiger charge is 2.54. The van der Waals surface area contributed by atoms with Gasteiger partial charge in [0.1, 0.15) is 6.04 Å². The van der Waals surface area contributed by atoms with Gasteiger partial charge in [0.05, 0.1) is 7.11 Å². The number of fused-ring (bicyclic) bond motifs is 1. The number of methoxy groups -OCH3 is 1. The number of benzene rings is 1. The maximum Gasteiger partial charge on any atom is 0.409 e. The average molecular weight is 441 g/mol. The molecule has 1 aromatic rings. The van der Waals surface area contributed by atoms with Crippen LogP contribution in [0.2, 0.25) is 0 Å². The third kappa shape index (κ3) is 4.94. The summed E-state index contributed by atoms with van der Waals surface area (Å²) in [5.41, 5.74) is 1.11. The smallest absolute Gasteiger partial charge is 0.409 e. The van der Waals surface area contributed by atoms with Crippen LogP contribution in [-0.4, -0.2) is 55.3 Å². The molecule has 1 saturated carbocycles. The van der Waals surface area contributed by atoms with Crippen molar-refractivity contribution < 1.29 is 19.1 Å². The first kappa shape index (κ1) is 24.1. The zero-order chi connectivity index (χ0) is 23.3. The van der Waals surface area contributed by atoms with Gasteiger partial charge in [-0.25, -0.2) is 4.79 Å². The molecule has 2 aliphatic rings. The number of amides is 1. The van der Waals surface area contributed by atoms with Crippen LogP contribution < -0.4 is 5.32 Å². The number of nitrogens with zero attached hydrogens (tertiary/aromatic N) is 1. The number of rotatable bonds is 5. The average Bonchev–Trinajstić information content (AvgIpc) is 3.23. The Kier molecular flexibility index (Phi) is 7.84. The number of likely N-dealkylation sites (N-methyl/N-ethyl adjacent to an activating group) is 1. The van der Waals surface area contributed by atoms with E-state index in [1.165, 1.54) is 7.11 Å². The monoisotopic (exact) mass is 440 g/mol. The van der Waals surface area contributed by atoms with Gasteiger partial charge in [-0.3, -0.25) is 4.79 Å². The summed E-state index contributed by atoms with van der Waals surface area (Å²) in [4.78, 5) is 27.5. The number of ether oxygens (including phenoxy) is 2. The molecule has 32 heavy (non-hydrogen) atoms. The molecule has 1 N–H and O–H groups in total. The van der Waals surface area contributed by atoms with Crippen LogP contribution >= 0.6 is 0 Å². The van der Waals surface area contributed by atoms with Gasteiger partial charge in [-0.15, -0.1) is 0 Å². The van der Waals surface area contributed by atoms with Crippen LogP contribution in [0.4, 0.5) is 4.79 Å². The van der Waals surface area contributed by atoms with E-state index in [1.807, 2.05) is 38.1 Å². The number of esters is 1. The lowest BCUT2D eigenvalue weighted by atomic mass is 9.72. The molecule has 5 atom stereocenters. The Morgan fingerprint density at radius 2 is 2.12 bits per heavy atom. The zero-order valence-corrected chi connectivity index (χ0v) is 19.9. The predicted molar refractivity (Wildman–Crippen MR) is 124 cm³/mol. The molecular weight excluding hydrogens is 404 g/mol. The fraction of sp³-hybridized carbons (Fsp3) is 0.615. The second kappa shape index (κ2) is 10.4. The van der Waals surface area contributed by atoms with Crippen molar-refractivity contribution in [3.05, 3.63) is 35.4 Å². The lowest BCUT2D eigenvalue weighted by Gasteiger charge is -2.43. The molecule has 0 bridgehead atoms. The minimum atomic E-state index is -0.922. The van der Waals surface area contributed by atoms with E-state index in [-0.39, 0.29) is 29.9 Å². The highest BCUT2D eigenvalue weighted by atomic mass is 16.6. The summed E-state index contributed by atoms with van der Waals surface area (Å²) in [5, 5.41) is 3.13. The van der Waals surface area contributed by atoms with E-state index in [2.05, 4.69) is 24.1 Å². The second-order valence-electron chi connectivity index (χ2n) is 9.10. The summed E-state index contributed by atoms with van der Waals surface area (Å²) in [6.07, 6.45) is 3.65. The van der Waals surface area contributed by atoms with E-state index in [0.29, 0.717) is 13.0 Å². The number of hydrogen-bond donors (Lipinski definition) is 1. The summed E-state index contributed by atoms with van der Waals surface area (Å²) >= 11 is 0. The lowest BCUT2D eigenvalue weighted by molar-refractivity contribution is -0.166. The van der Waals surface area contributed by atoms with Crippen molar-refractivity contribution in [2.45, 2.75) is 70.6 Å². The van der Waals surface area contributed by atoms with Crippen LogP contribution in [0.5, 0.6) is 0 Å². The number of carbonyl (C=O) groups excluding carboxylic acids is 2. The lowest BCUT2D eigenvalue weighted by Crippen LogP contribution is -2.54. The minimum Gasteiger partial charge on any atom is -0.453 e. The van der Waals surface area contributed by atoms with Crippen molar-refractivity contribution in [2.75, 3.05) is 20.7 Å². The van der Waals surface area contributed by atoms with E-state index >= 15 is 0 Å². The van der Waals surface area contributed by atoms with E-state index in [9.17, 15) is 9.59 Å². The molecule has 0 radical (unpaired) electrons. The van der Waals surface area contributed by atoms with E-state index in [0.717, 1.165) is 36.8 Å². The first-order valence-corrected chi connectivity index (χ1v) is 11.7. The highest BCUT2D eigenvalue weighted by molar-refractivity contribution is 5.77. The SMILES string of the molecule is CC[C@H](C)[C@H](NC)C(=O)O[C@@]1(C#Cc2cccc(C)c2)CCC[C@@H]2[C@H]1CCN2C(=O)OC. The first-order chi connectivity index (χ1) is 15.3. The Hall–Kier alpha value is -2.52. The molecule has 0 unspecified atom stereocenters. The van der Waals surface area contributed by atoms with Gasteiger partial charge in [0, 0.05) is 24.1 Å². The summed E-state index contributed by atoms with van der Waals surface area (Å²) in [6, 6.07) is 7.60. The predicted octanol–water partition coefficient (Wildman–Crippen LogP) is 3.90. The molecule has 1 saturated heterocycles. The largest absolute Gasteiger partial charge is 0.453 e. The molecule has 0 aromatic heterocycles. The third-order valence-corrected chi connectivity index (χ3v) is 7.10. The van der Waals surface area contributed by atoms with Crippen molar-refractivity contribution in [3.8, 4) is 11.8 Å². The molecule has 6 heteroatoms. The van der Waals surface area contributed by atoms with Crippen LogP contribution in [0.25, 0.3) is 0 Å². The van der Waals surface area contributed by atoms with Gasteiger partial charge in [0.15, 0.2) is 5.60 Å². The van der Waals surface area contributed by atoms with Gasteiger partial charge >= 0.3 is 12.1 Å².